The minimum atomic E-state index is -0.0806. The molecule has 3 N–H and O–H groups in total. The fourth-order valence-corrected chi connectivity index (χ4v) is 1.80. The zero-order valence-electron chi connectivity index (χ0n) is 11.5. The summed E-state index contributed by atoms with van der Waals surface area (Å²) < 4.78 is 0. The van der Waals surface area contributed by atoms with E-state index < -0.39 is 0 Å². The van der Waals surface area contributed by atoms with Crippen molar-refractivity contribution in [1.29, 1.82) is 0 Å². The molecule has 0 saturated heterocycles. The van der Waals surface area contributed by atoms with Gasteiger partial charge in [-0.05, 0) is 45.6 Å². The van der Waals surface area contributed by atoms with Gasteiger partial charge in [0.1, 0.15) is 4.99 Å². The van der Waals surface area contributed by atoms with E-state index in [0.29, 0.717) is 17.1 Å². The number of carbonyl (C=O) groups excluding carboxylic acids is 1. The Labute approximate surface area is 120 Å². The maximum Gasteiger partial charge on any atom is 0.251 e. The predicted octanol–water partition coefficient (Wildman–Crippen LogP) is 1.39. The Morgan fingerprint density at radius 2 is 2.00 bits per heavy atom. The third-order valence-corrected chi connectivity index (χ3v) is 2.96. The molecule has 0 aliphatic carbocycles. The van der Waals surface area contributed by atoms with Gasteiger partial charge in [0.15, 0.2) is 0 Å². The van der Waals surface area contributed by atoms with Crippen LogP contribution < -0.4 is 11.1 Å². The molecular formula is C14H21N3OS. The molecule has 0 aliphatic heterocycles. The molecule has 104 valence electrons. The van der Waals surface area contributed by atoms with Crippen molar-refractivity contribution in [2.75, 3.05) is 27.2 Å². The van der Waals surface area contributed by atoms with Gasteiger partial charge in [-0.1, -0.05) is 24.4 Å². The quantitative estimate of drug-likeness (QED) is 0.585. The lowest BCUT2D eigenvalue weighted by Crippen LogP contribution is -2.25. The Hall–Kier alpha value is -1.46. The van der Waals surface area contributed by atoms with Crippen LogP contribution in [-0.4, -0.2) is 43.0 Å². The number of nitrogens with zero attached hydrogens (tertiary/aromatic N) is 1. The fourth-order valence-electron chi connectivity index (χ4n) is 1.67. The molecule has 0 aromatic heterocycles. The number of nitrogens with one attached hydrogen (secondary N) is 1. The number of hydrogen-bond donors (Lipinski definition) is 2. The Morgan fingerprint density at radius 3 is 2.63 bits per heavy atom. The highest BCUT2D eigenvalue weighted by Gasteiger charge is 2.06. The number of unbranched alkanes of at least 4 members (excludes halogenated alkanes) is 1. The van der Waals surface area contributed by atoms with Gasteiger partial charge in [0, 0.05) is 17.7 Å². The second kappa shape index (κ2) is 7.86. The second-order valence-electron chi connectivity index (χ2n) is 4.71. The molecule has 0 saturated carbocycles. The molecule has 0 bridgehead atoms. The summed E-state index contributed by atoms with van der Waals surface area (Å²) >= 11 is 4.90. The van der Waals surface area contributed by atoms with Crippen LogP contribution in [0.25, 0.3) is 0 Å². The Kier molecular flexibility index (Phi) is 6.45. The number of hydrogen-bond acceptors (Lipinski definition) is 3. The van der Waals surface area contributed by atoms with Crippen molar-refractivity contribution in [1.82, 2.24) is 10.2 Å². The van der Waals surface area contributed by atoms with E-state index in [-0.39, 0.29) is 5.91 Å². The van der Waals surface area contributed by atoms with Crippen molar-refractivity contribution in [2.24, 2.45) is 5.73 Å². The predicted molar refractivity (Wildman–Crippen MR) is 82.5 cm³/mol. The summed E-state index contributed by atoms with van der Waals surface area (Å²) in [5, 5.41) is 2.90. The van der Waals surface area contributed by atoms with Crippen LogP contribution in [0.3, 0.4) is 0 Å². The van der Waals surface area contributed by atoms with Crippen LogP contribution in [0.15, 0.2) is 24.3 Å². The summed E-state index contributed by atoms with van der Waals surface area (Å²) in [4.78, 5) is 14.3. The topological polar surface area (TPSA) is 58.4 Å². The fraction of sp³-hybridized carbons (Fsp3) is 0.429. The second-order valence-corrected chi connectivity index (χ2v) is 5.15. The molecule has 1 aromatic rings. The van der Waals surface area contributed by atoms with Gasteiger partial charge >= 0.3 is 0 Å². The molecule has 19 heavy (non-hydrogen) atoms. The van der Waals surface area contributed by atoms with Crippen LogP contribution in [0.5, 0.6) is 0 Å². The first-order chi connectivity index (χ1) is 9.00. The van der Waals surface area contributed by atoms with Crippen molar-refractivity contribution < 1.29 is 4.79 Å². The summed E-state index contributed by atoms with van der Waals surface area (Å²) in [6.07, 6.45) is 2.04. The monoisotopic (exact) mass is 279 g/mol. The van der Waals surface area contributed by atoms with Gasteiger partial charge < -0.3 is 16.0 Å². The van der Waals surface area contributed by atoms with E-state index in [4.69, 9.17) is 18.0 Å². The molecule has 1 rings (SSSR count). The molecule has 0 radical (unpaired) electrons. The first-order valence-corrected chi connectivity index (χ1v) is 6.74. The van der Waals surface area contributed by atoms with Gasteiger partial charge in [-0.2, -0.15) is 0 Å². The molecule has 0 fully saturated rings. The number of nitrogens with two attached hydrogens (primary N) is 1. The van der Waals surface area contributed by atoms with Gasteiger partial charge in [0.05, 0.1) is 0 Å². The van der Waals surface area contributed by atoms with E-state index in [1.807, 2.05) is 14.1 Å². The lowest BCUT2D eigenvalue weighted by Gasteiger charge is -2.09. The molecule has 0 unspecified atom stereocenters. The smallest absolute Gasteiger partial charge is 0.251 e. The molecule has 5 heteroatoms. The first-order valence-electron chi connectivity index (χ1n) is 6.33. The minimum absolute atomic E-state index is 0.0806. The largest absolute Gasteiger partial charge is 0.389 e. The number of carbonyl (C=O) groups is 1. The van der Waals surface area contributed by atoms with Gasteiger partial charge in [-0.3, -0.25) is 4.79 Å². The number of benzene rings is 1. The molecule has 0 spiro atoms. The Morgan fingerprint density at radius 1 is 1.32 bits per heavy atom. The average Bonchev–Trinajstić information content (AvgIpc) is 2.37. The molecular weight excluding hydrogens is 258 g/mol. The van der Waals surface area contributed by atoms with Crippen molar-refractivity contribution in [2.45, 2.75) is 12.8 Å². The summed E-state index contributed by atoms with van der Waals surface area (Å²) in [6.45, 7) is 1.72. The summed E-state index contributed by atoms with van der Waals surface area (Å²) in [5.41, 5.74) is 6.86. The first kappa shape index (κ1) is 15.6. The number of amides is 1. The lowest BCUT2D eigenvalue weighted by molar-refractivity contribution is 0.0953. The zero-order chi connectivity index (χ0) is 14.3. The van der Waals surface area contributed by atoms with Gasteiger partial charge in [0.25, 0.3) is 5.91 Å². The standard InChI is InChI=1S/C14H21N3OS/c1-17(2)9-4-3-8-16-14(18)12-7-5-6-11(10-12)13(15)19/h5-7,10H,3-4,8-9H2,1-2H3,(H2,15,19)(H,16,18). The van der Waals surface area contributed by atoms with Crippen LogP contribution in [0.2, 0.25) is 0 Å². The van der Waals surface area contributed by atoms with Gasteiger partial charge in [-0.15, -0.1) is 0 Å². The van der Waals surface area contributed by atoms with Crippen LogP contribution in [0.4, 0.5) is 0 Å². The van der Waals surface area contributed by atoms with Crippen LogP contribution >= 0.6 is 12.2 Å². The van der Waals surface area contributed by atoms with E-state index >= 15 is 0 Å². The molecule has 0 atom stereocenters. The Bertz CT molecular complexity index is 446. The van der Waals surface area contributed by atoms with E-state index in [9.17, 15) is 4.79 Å². The van der Waals surface area contributed by atoms with Crippen molar-refractivity contribution in [3.05, 3.63) is 35.4 Å². The lowest BCUT2D eigenvalue weighted by atomic mass is 10.1. The van der Waals surface area contributed by atoms with Crippen LogP contribution in [0, 0.1) is 0 Å². The van der Waals surface area contributed by atoms with Crippen LogP contribution in [0.1, 0.15) is 28.8 Å². The van der Waals surface area contributed by atoms with Crippen molar-refractivity contribution in [3.63, 3.8) is 0 Å². The molecule has 1 amide bonds. The van der Waals surface area contributed by atoms with E-state index in [2.05, 4.69) is 10.2 Å². The van der Waals surface area contributed by atoms with E-state index in [1.165, 1.54) is 0 Å². The molecule has 0 heterocycles. The maximum atomic E-state index is 11.9. The van der Waals surface area contributed by atoms with Crippen molar-refractivity contribution in [3.8, 4) is 0 Å². The highest BCUT2D eigenvalue weighted by molar-refractivity contribution is 7.80. The summed E-state index contributed by atoms with van der Waals surface area (Å²) in [6, 6.07) is 7.07. The van der Waals surface area contributed by atoms with Crippen molar-refractivity contribution >= 4 is 23.1 Å². The zero-order valence-corrected chi connectivity index (χ0v) is 12.3. The molecule has 4 nitrogen and oxygen atoms in total. The highest BCUT2D eigenvalue weighted by atomic mass is 32.1. The van der Waals surface area contributed by atoms with Crippen LogP contribution in [-0.2, 0) is 0 Å². The Balaban J connectivity index is 2.41. The maximum absolute atomic E-state index is 11.9. The highest BCUT2D eigenvalue weighted by Crippen LogP contribution is 2.05. The average molecular weight is 279 g/mol. The van der Waals surface area contributed by atoms with Gasteiger partial charge in [0.2, 0.25) is 0 Å². The van der Waals surface area contributed by atoms with E-state index in [1.54, 1.807) is 24.3 Å². The third kappa shape index (κ3) is 5.81. The minimum Gasteiger partial charge on any atom is -0.389 e. The SMILES string of the molecule is CN(C)CCCCNC(=O)c1cccc(C(N)=S)c1. The van der Waals surface area contributed by atoms with E-state index in [0.717, 1.165) is 24.9 Å². The summed E-state index contributed by atoms with van der Waals surface area (Å²) in [5.74, 6) is -0.0806. The summed E-state index contributed by atoms with van der Waals surface area (Å²) in [7, 11) is 4.08. The number of rotatable bonds is 7. The number of thiocarbonyl (C=S) groups is 1. The molecule has 0 aliphatic rings. The van der Waals surface area contributed by atoms with Gasteiger partial charge in [-0.25, -0.2) is 0 Å². The normalized spacial score (nSPS) is 10.5. The third-order valence-electron chi connectivity index (χ3n) is 2.73. The molecule has 1 aromatic carbocycles.